The van der Waals surface area contributed by atoms with E-state index in [0.29, 0.717) is 11.0 Å². The van der Waals surface area contributed by atoms with Crippen molar-refractivity contribution in [2.75, 3.05) is 0 Å². The quantitative estimate of drug-likeness (QED) is 0.645. The number of benzene rings is 1. The van der Waals surface area contributed by atoms with Crippen LogP contribution >= 0.6 is 11.8 Å². The minimum absolute atomic E-state index is 0.227. The molecule has 2 aromatic heterocycles. The molecule has 2 heterocycles. The van der Waals surface area contributed by atoms with Crippen LogP contribution in [0.25, 0.3) is 11.0 Å². The second kappa shape index (κ2) is 7.35. The summed E-state index contributed by atoms with van der Waals surface area (Å²) in [5.41, 5.74) is 4.54. The van der Waals surface area contributed by atoms with Gasteiger partial charge in [-0.2, -0.15) is 0 Å². The van der Waals surface area contributed by atoms with Gasteiger partial charge in [-0.05, 0) is 36.5 Å². The summed E-state index contributed by atoms with van der Waals surface area (Å²) in [5.74, 6) is 0.989. The zero-order chi connectivity index (χ0) is 19.9. The van der Waals surface area contributed by atoms with Gasteiger partial charge in [-0.15, -0.1) is 11.8 Å². The van der Waals surface area contributed by atoms with Gasteiger partial charge in [0.05, 0.1) is 5.39 Å². The number of hydrogen-bond donors (Lipinski definition) is 0. The van der Waals surface area contributed by atoms with Crippen LogP contribution in [-0.2, 0) is 19.8 Å². The van der Waals surface area contributed by atoms with Gasteiger partial charge in [-0.3, -0.25) is 13.9 Å². The lowest BCUT2D eigenvalue weighted by molar-refractivity contribution is 0.703. The first kappa shape index (κ1) is 19.4. The van der Waals surface area contributed by atoms with Crippen LogP contribution in [0.15, 0.2) is 38.9 Å². The van der Waals surface area contributed by atoms with E-state index in [1.54, 1.807) is 25.0 Å². The molecule has 0 aliphatic carbocycles. The van der Waals surface area contributed by atoms with Crippen LogP contribution in [0.5, 0.6) is 0 Å². The normalized spacial score (nSPS) is 11.5. The Bertz CT molecular complexity index is 1140. The largest absolute Gasteiger partial charge is 0.332 e. The number of pyridine rings is 1. The van der Waals surface area contributed by atoms with Crippen LogP contribution in [-0.4, -0.2) is 14.1 Å². The number of rotatable bonds is 4. The molecule has 0 unspecified atom stereocenters. The Morgan fingerprint density at radius 3 is 2.48 bits per heavy atom. The van der Waals surface area contributed by atoms with Gasteiger partial charge in [-0.25, -0.2) is 9.78 Å². The van der Waals surface area contributed by atoms with Crippen molar-refractivity contribution >= 4 is 22.8 Å². The van der Waals surface area contributed by atoms with Crippen molar-refractivity contribution in [3.05, 3.63) is 67.5 Å². The molecule has 27 heavy (non-hydrogen) atoms. The van der Waals surface area contributed by atoms with E-state index in [-0.39, 0.29) is 17.2 Å². The van der Waals surface area contributed by atoms with Crippen molar-refractivity contribution in [3.63, 3.8) is 0 Å². The van der Waals surface area contributed by atoms with Gasteiger partial charge < -0.3 is 0 Å². The second-order valence-corrected chi connectivity index (χ2v) is 8.31. The molecule has 6 heteroatoms. The molecule has 3 rings (SSSR count). The fourth-order valence-electron chi connectivity index (χ4n) is 3.19. The lowest BCUT2D eigenvalue weighted by atomic mass is 10.0. The molecule has 142 valence electrons. The molecule has 0 radical (unpaired) electrons. The zero-order valence-corrected chi connectivity index (χ0v) is 17.5. The summed E-state index contributed by atoms with van der Waals surface area (Å²) in [6.07, 6.45) is 1.80. The highest BCUT2D eigenvalue weighted by atomic mass is 32.2. The molecule has 0 spiro atoms. The molecular formula is C21H25N3O2S. The standard InChI is InChI=1S/C21H25N3O2S/c1-12(2)16-10-22-19-17(20(25)24(6)21(26)23(19)5)18(16)27-11-15-9-13(3)7-8-14(15)4/h7-10,12H,11H2,1-6H3. The average Bonchev–Trinajstić information content (AvgIpc) is 2.64. The van der Waals surface area contributed by atoms with Crippen molar-refractivity contribution in [1.82, 2.24) is 14.1 Å². The highest BCUT2D eigenvalue weighted by Crippen LogP contribution is 2.35. The molecule has 0 bridgehead atoms. The highest BCUT2D eigenvalue weighted by molar-refractivity contribution is 7.98. The van der Waals surface area contributed by atoms with E-state index in [2.05, 4.69) is 50.9 Å². The van der Waals surface area contributed by atoms with Crippen LogP contribution in [0.4, 0.5) is 0 Å². The van der Waals surface area contributed by atoms with Crippen LogP contribution in [0.1, 0.15) is 42.0 Å². The molecule has 5 nitrogen and oxygen atoms in total. The third kappa shape index (κ3) is 3.46. The predicted molar refractivity (Wildman–Crippen MR) is 112 cm³/mol. The SMILES string of the molecule is Cc1ccc(C)c(CSc2c(C(C)C)cnc3c2c(=O)n(C)c(=O)n3C)c1. The maximum Gasteiger partial charge on any atom is 0.332 e. The number of aryl methyl sites for hydroxylation is 3. The third-order valence-electron chi connectivity index (χ3n) is 4.95. The molecule has 0 N–H and O–H groups in total. The third-order valence-corrected chi connectivity index (χ3v) is 6.13. The first-order valence-electron chi connectivity index (χ1n) is 9.00. The predicted octanol–water partition coefficient (Wildman–Crippen LogP) is 3.66. The van der Waals surface area contributed by atoms with Gasteiger partial charge in [0, 0.05) is 30.9 Å². The van der Waals surface area contributed by atoms with Crippen LogP contribution in [0.2, 0.25) is 0 Å². The molecule has 1 aromatic carbocycles. The fraction of sp³-hybridized carbons (Fsp3) is 0.381. The monoisotopic (exact) mass is 383 g/mol. The van der Waals surface area contributed by atoms with Crippen molar-refractivity contribution in [2.24, 2.45) is 14.1 Å². The summed E-state index contributed by atoms with van der Waals surface area (Å²) in [4.78, 5) is 30.6. The van der Waals surface area contributed by atoms with Gasteiger partial charge in [0.2, 0.25) is 0 Å². The summed E-state index contributed by atoms with van der Waals surface area (Å²) >= 11 is 1.65. The van der Waals surface area contributed by atoms with Crippen molar-refractivity contribution in [3.8, 4) is 0 Å². The van der Waals surface area contributed by atoms with Crippen LogP contribution in [0, 0.1) is 13.8 Å². The van der Waals surface area contributed by atoms with Gasteiger partial charge in [0.1, 0.15) is 5.65 Å². The first-order valence-corrected chi connectivity index (χ1v) is 9.98. The van der Waals surface area contributed by atoms with Crippen molar-refractivity contribution < 1.29 is 0 Å². The van der Waals surface area contributed by atoms with E-state index in [0.717, 1.165) is 20.8 Å². The Hall–Kier alpha value is -2.34. The summed E-state index contributed by atoms with van der Waals surface area (Å²) in [6.45, 7) is 8.38. The van der Waals surface area contributed by atoms with E-state index in [1.165, 1.54) is 28.3 Å². The lowest BCUT2D eigenvalue weighted by Crippen LogP contribution is -2.37. The number of hydrogen-bond acceptors (Lipinski definition) is 4. The Balaban J connectivity index is 2.23. The fourth-order valence-corrected chi connectivity index (χ4v) is 4.58. The second-order valence-electron chi connectivity index (χ2n) is 7.32. The molecular weight excluding hydrogens is 358 g/mol. The summed E-state index contributed by atoms with van der Waals surface area (Å²) in [5, 5.41) is 0.529. The van der Waals surface area contributed by atoms with Gasteiger partial charge in [-0.1, -0.05) is 37.6 Å². The molecule has 0 fully saturated rings. The van der Waals surface area contributed by atoms with E-state index in [9.17, 15) is 9.59 Å². The van der Waals surface area contributed by atoms with Crippen LogP contribution < -0.4 is 11.2 Å². The molecule has 0 saturated carbocycles. The number of thioether (sulfide) groups is 1. The smallest absolute Gasteiger partial charge is 0.280 e. The van der Waals surface area contributed by atoms with E-state index in [4.69, 9.17) is 0 Å². The molecule has 0 atom stereocenters. The minimum atomic E-state index is -0.359. The maximum absolute atomic E-state index is 12.9. The summed E-state index contributed by atoms with van der Waals surface area (Å²) in [6, 6.07) is 6.42. The maximum atomic E-state index is 12.9. The Labute approximate surface area is 163 Å². The lowest BCUT2D eigenvalue weighted by Gasteiger charge is -2.17. The molecule has 3 aromatic rings. The van der Waals surface area contributed by atoms with E-state index < -0.39 is 0 Å². The zero-order valence-electron chi connectivity index (χ0n) is 16.7. The topological polar surface area (TPSA) is 56.9 Å². The van der Waals surface area contributed by atoms with Gasteiger partial charge in [0.25, 0.3) is 5.56 Å². The average molecular weight is 384 g/mol. The molecule has 0 aliphatic rings. The number of aromatic nitrogens is 3. The van der Waals surface area contributed by atoms with Gasteiger partial charge >= 0.3 is 5.69 Å². The van der Waals surface area contributed by atoms with Crippen molar-refractivity contribution in [2.45, 2.75) is 44.3 Å². The van der Waals surface area contributed by atoms with Crippen LogP contribution in [0.3, 0.4) is 0 Å². The Morgan fingerprint density at radius 2 is 1.81 bits per heavy atom. The van der Waals surface area contributed by atoms with E-state index >= 15 is 0 Å². The summed E-state index contributed by atoms with van der Waals surface area (Å²) in [7, 11) is 3.18. The van der Waals surface area contributed by atoms with Gasteiger partial charge in [0.15, 0.2) is 0 Å². The Kier molecular flexibility index (Phi) is 5.29. The number of nitrogens with zero attached hydrogens (tertiary/aromatic N) is 3. The summed E-state index contributed by atoms with van der Waals surface area (Å²) < 4.78 is 2.61. The molecule has 0 amide bonds. The minimum Gasteiger partial charge on any atom is -0.280 e. The molecule has 0 saturated heterocycles. The van der Waals surface area contributed by atoms with Crippen molar-refractivity contribution in [1.29, 1.82) is 0 Å². The Morgan fingerprint density at radius 1 is 1.11 bits per heavy atom. The number of fused-ring (bicyclic) bond motifs is 1. The molecule has 0 aliphatic heterocycles. The first-order chi connectivity index (χ1) is 12.7. The highest BCUT2D eigenvalue weighted by Gasteiger charge is 2.19. The van der Waals surface area contributed by atoms with E-state index in [1.807, 2.05) is 0 Å².